The molecule has 160 valence electrons. The molecule has 0 aliphatic heterocycles. The number of nitrogens with two attached hydrogens (primary N) is 1. The molecular formula is C26H28N2O3. The summed E-state index contributed by atoms with van der Waals surface area (Å²) in [5, 5.41) is 0. The van der Waals surface area contributed by atoms with Gasteiger partial charge in [-0.05, 0) is 62.4 Å². The Hall–Kier alpha value is -3.34. The molecule has 1 amide bonds. The monoisotopic (exact) mass is 416 g/mol. The van der Waals surface area contributed by atoms with E-state index in [1.807, 2.05) is 31.2 Å². The predicted octanol–water partition coefficient (Wildman–Crippen LogP) is 5.18. The number of primary amides is 1. The molecule has 31 heavy (non-hydrogen) atoms. The fraction of sp³-hybridized carbons (Fsp3) is 0.308. The van der Waals surface area contributed by atoms with Gasteiger partial charge in [0.25, 0.3) is 0 Å². The van der Waals surface area contributed by atoms with Crippen LogP contribution in [-0.4, -0.2) is 17.5 Å². The number of benzene rings is 2. The topological polar surface area (TPSA) is 78.4 Å². The number of hydrogen-bond donors (Lipinski definition) is 1. The molecule has 0 spiro atoms. The first-order valence-electron chi connectivity index (χ1n) is 10.8. The number of oxazole rings is 1. The van der Waals surface area contributed by atoms with Crippen LogP contribution in [0, 0.1) is 13.8 Å². The molecule has 0 atom stereocenters. The molecule has 2 N–H and O–H groups in total. The van der Waals surface area contributed by atoms with Crippen LogP contribution in [0.25, 0.3) is 17.0 Å². The van der Waals surface area contributed by atoms with Crippen molar-refractivity contribution in [1.82, 2.24) is 4.98 Å². The molecule has 2 aromatic carbocycles. The standard InChI is InChI=1S/C26H28N2O3/c1-17-9-11-20(12-10-17)26-28-23(18(2)31-26)15-16-30-24-8-4-6-21-19(13-14-25(27)29)5-3-7-22(21)24/h4-6,8-12H,3,7,13-16H2,1-2H3,(H2,27,29). The van der Waals surface area contributed by atoms with Gasteiger partial charge in [0.05, 0.1) is 12.3 Å². The Morgan fingerprint density at radius 3 is 2.71 bits per heavy atom. The highest BCUT2D eigenvalue weighted by Gasteiger charge is 2.18. The van der Waals surface area contributed by atoms with Gasteiger partial charge in [-0.3, -0.25) is 4.79 Å². The summed E-state index contributed by atoms with van der Waals surface area (Å²) in [7, 11) is 0. The van der Waals surface area contributed by atoms with E-state index in [2.05, 4.69) is 36.2 Å². The second kappa shape index (κ2) is 9.21. The number of carbonyl (C=O) groups excluding carboxylic acids is 1. The molecule has 5 heteroatoms. The molecule has 0 saturated carbocycles. The first kappa shape index (κ1) is 20.9. The highest BCUT2D eigenvalue weighted by atomic mass is 16.5. The van der Waals surface area contributed by atoms with Gasteiger partial charge < -0.3 is 14.9 Å². The van der Waals surface area contributed by atoms with E-state index in [0.29, 0.717) is 31.8 Å². The minimum absolute atomic E-state index is 0.270. The fourth-order valence-corrected chi connectivity index (χ4v) is 3.99. The minimum Gasteiger partial charge on any atom is -0.493 e. The van der Waals surface area contributed by atoms with Crippen molar-refractivity contribution in [2.45, 2.75) is 46.0 Å². The number of allylic oxidation sites excluding steroid dienone is 2. The number of nitrogens with zero attached hydrogens (tertiary/aromatic N) is 1. The van der Waals surface area contributed by atoms with E-state index in [1.54, 1.807) is 0 Å². The Kier molecular flexibility index (Phi) is 6.21. The van der Waals surface area contributed by atoms with Gasteiger partial charge in [-0.25, -0.2) is 4.98 Å². The van der Waals surface area contributed by atoms with Crippen molar-refractivity contribution in [3.8, 4) is 17.2 Å². The number of aromatic nitrogens is 1. The lowest BCUT2D eigenvalue weighted by Gasteiger charge is -2.21. The molecule has 1 aliphatic rings. The van der Waals surface area contributed by atoms with Gasteiger partial charge in [0.2, 0.25) is 11.8 Å². The normalized spacial score (nSPS) is 12.9. The third-order valence-corrected chi connectivity index (χ3v) is 5.69. The summed E-state index contributed by atoms with van der Waals surface area (Å²) in [5.74, 6) is 2.11. The highest BCUT2D eigenvalue weighted by molar-refractivity contribution is 5.79. The molecule has 0 bridgehead atoms. The van der Waals surface area contributed by atoms with Crippen LogP contribution in [0.15, 0.2) is 53.0 Å². The number of carbonyl (C=O) groups is 1. The van der Waals surface area contributed by atoms with Gasteiger partial charge in [-0.1, -0.05) is 35.9 Å². The molecule has 4 rings (SSSR count). The van der Waals surface area contributed by atoms with Gasteiger partial charge in [-0.15, -0.1) is 0 Å². The van der Waals surface area contributed by atoms with E-state index < -0.39 is 0 Å². The lowest BCUT2D eigenvalue weighted by molar-refractivity contribution is -0.117. The van der Waals surface area contributed by atoms with Gasteiger partial charge >= 0.3 is 0 Å². The number of rotatable bonds is 8. The van der Waals surface area contributed by atoms with E-state index in [1.165, 1.54) is 22.3 Å². The fourth-order valence-electron chi connectivity index (χ4n) is 3.99. The van der Waals surface area contributed by atoms with Crippen LogP contribution in [0.2, 0.25) is 0 Å². The molecule has 1 aromatic heterocycles. The van der Waals surface area contributed by atoms with Crippen LogP contribution < -0.4 is 10.5 Å². The summed E-state index contributed by atoms with van der Waals surface area (Å²) in [5.41, 5.74) is 12.0. The number of ether oxygens (including phenoxy) is 1. The van der Waals surface area contributed by atoms with Crippen molar-refractivity contribution < 1.29 is 13.9 Å². The van der Waals surface area contributed by atoms with E-state index in [0.717, 1.165) is 35.6 Å². The number of hydrogen-bond acceptors (Lipinski definition) is 4. The van der Waals surface area contributed by atoms with Gasteiger partial charge in [0.15, 0.2) is 0 Å². The number of aryl methyl sites for hydroxylation is 2. The SMILES string of the molecule is Cc1ccc(-c2nc(CCOc3cccc4c3CCC=C4CCC(N)=O)c(C)o2)cc1. The first-order valence-corrected chi connectivity index (χ1v) is 10.8. The van der Waals surface area contributed by atoms with E-state index in [9.17, 15) is 4.79 Å². The maximum Gasteiger partial charge on any atom is 0.226 e. The van der Waals surface area contributed by atoms with Crippen molar-refractivity contribution in [2.75, 3.05) is 6.61 Å². The van der Waals surface area contributed by atoms with Crippen molar-refractivity contribution in [3.05, 3.63) is 76.7 Å². The van der Waals surface area contributed by atoms with Crippen LogP contribution in [0.1, 0.15) is 47.4 Å². The maximum atomic E-state index is 11.2. The number of amides is 1. The summed E-state index contributed by atoms with van der Waals surface area (Å²) < 4.78 is 12.0. The molecule has 0 unspecified atom stereocenters. The quantitative estimate of drug-likeness (QED) is 0.549. The summed E-state index contributed by atoms with van der Waals surface area (Å²) in [6.07, 6.45) is 5.81. The average molecular weight is 417 g/mol. The van der Waals surface area contributed by atoms with Crippen LogP contribution in [0.3, 0.4) is 0 Å². The van der Waals surface area contributed by atoms with Crippen LogP contribution in [0.4, 0.5) is 0 Å². The Labute approximate surface area is 182 Å². The third-order valence-electron chi connectivity index (χ3n) is 5.69. The lowest BCUT2D eigenvalue weighted by Crippen LogP contribution is -2.11. The summed E-state index contributed by atoms with van der Waals surface area (Å²) in [6, 6.07) is 14.3. The molecule has 3 aromatic rings. The van der Waals surface area contributed by atoms with Crippen LogP contribution in [0.5, 0.6) is 5.75 Å². The van der Waals surface area contributed by atoms with E-state index in [4.69, 9.17) is 14.9 Å². The Balaban J connectivity index is 1.43. The maximum absolute atomic E-state index is 11.2. The Bertz CT molecular complexity index is 1110. The van der Waals surface area contributed by atoms with Crippen LogP contribution >= 0.6 is 0 Å². The molecule has 0 saturated heterocycles. The first-order chi connectivity index (χ1) is 15.0. The summed E-state index contributed by atoms with van der Waals surface area (Å²) in [6.45, 7) is 4.53. The smallest absolute Gasteiger partial charge is 0.226 e. The Morgan fingerprint density at radius 1 is 1.13 bits per heavy atom. The van der Waals surface area contributed by atoms with Gasteiger partial charge in [0.1, 0.15) is 11.5 Å². The molecule has 5 nitrogen and oxygen atoms in total. The summed E-state index contributed by atoms with van der Waals surface area (Å²) >= 11 is 0. The largest absolute Gasteiger partial charge is 0.493 e. The van der Waals surface area contributed by atoms with Gasteiger partial charge in [-0.2, -0.15) is 0 Å². The highest BCUT2D eigenvalue weighted by Crippen LogP contribution is 2.35. The molecular weight excluding hydrogens is 388 g/mol. The van der Waals surface area contributed by atoms with Crippen molar-refractivity contribution >= 4 is 11.5 Å². The zero-order valence-electron chi connectivity index (χ0n) is 18.1. The zero-order chi connectivity index (χ0) is 21.8. The minimum atomic E-state index is -0.270. The average Bonchev–Trinajstić information content (AvgIpc) is 3.13. The van der Waals surface area contributed by atoms with E-state index >= 15 is 0 Å². The molecule has 1 aliphatic carbocycles. The second-order valence-corrected chi connectivity index (χ2v) is 8.00. The Morgan fingerprint density at radius 2 is 1.94 bits per heavy atom. The van der Waals surface area contributed by atoms with Crippen molar-refractivity contribution in [1.29, 1.82) is 0 Å². The van der Waals surface area contributed by atoms with Crippen LogP contribution in [-0.2, 0) is 17.6 Å². The predicted molar refractivity (Wildman–Crippen MR) is 122 cm³/mol. The third kappa shape index (κ3) is 4.88. The molecule has 0 radical (unpaired) electrons. The lowest BCUT2D eigenvalue weighted by atomic mass is 9.88. The molecule has 0 fully saturated rings. The van der Waals surface area contributed by atoms with Gasteiger partial charge in [0, 0.05) is 24.0 Å². The van der Waals surface area contributed by atoms with Crippen molar-refractivity contribution in [3.63, 3.8) is 0 Å². The van der Waals surface area contributed by atoms with E-state index in [-0.39, 0.29) is 5.91 Å². The zero-order valence-corrected chi connectivity index (χ0v) is 18.1. The summed E-state index contributed by atoms with van der Waals surface area (Å²) in [4.78, 5) is 15.9. The second-order valence-electron chi connectivity index (χ2n) is 8.00. The molecule has 1 heterocycles. The van der Waals surface area contributed by atoms with Crippen molar-refractivity contribution in [2.24, 2.45) is 5.73 Å². The number of fused-ring (bicyclic) bond motifs is 1.